The number of pyridine rings is 2. The number of rotatable bonds is 3. The number of nitrogens with zero attached hydrogens (tertiary/aromatic N) is 2. The normalized spacial score (nSPS) is 10.8. The van der Waals surface area contributed by atoms with Crippen molar-refractivity contribution in [2.75, 3.05) is 5.32 Å². The minimum absolute atomic E-state index is 0.214. The third kappa shape index (κ3) is 2.80. The average molecular weight is 333 g/mol. The summed E-state index contributed by atoms with van der Waals surface area (Å²) in [6.45, 7) is 0. The van der Waals surface area contributed by atoms with Gasteiger partial charge in [-0.3, -0.25) is 4.98 Å². The number of halogens is 2. The van der Waals surface area contributed by atoms with Crippen LogP contribution in [-0.2, 0) is 0 Å². The highest BCUT2D eigenvalue weighted by atomic mass is 19.1. The number of para-hydroxylation sites is 1. The maximum absolute atomic E-state index is 13.9. The second-order valence-electron chi connectivity index (χ2n) is 5.53. The number of hydrogen-bond donors (Lipinski definition) is 1. The van der Waals surface area contributed by atoms with Crippen molar-refractivity contribution in [1.29, 1.82) is 0 Å². The van der Waals surface area contributed by atoms with Gasteiger partial charge in [0.25, 0.3) is 0 Å². The van der Waals surface area contributed by atoms with Crippen LogP contribution in [0, 0.1) is 11.6 Å². The fourth-order valence-electron chi connectivity index (χ4n) is 2.78. The maximum Gasteiger partial charge on any atom is 0.149 e. The van der Waals surface area contributed by atoms with E-state index in [-0.39, 0.29) is 5.69 Å². The van der Waals surface area contributed by atoms with E-state index in [0.29, 0.717) is 5.82 Å². The van der Waals surface area contributed by atoms with Crippen LogP contribution in [0.4, 0.5) is 20.3 Å². The largest absolute Gasteiger partial charge is 0.335 e. The smallest absolute Gasteiger partial charge is 0.149 e. The molecule has 0 amide bonds. The standard InChI is InChI=1S/C20H13F2N3/c21-17-8-3-9-18(22)19(17)25-20-15-7-2-1-6-14(15)16(12-24-20)13-5-4-10-23-11-13/h1-12H,(H,24,25). The van der Waals surface area contributed by atoms with Crippen molar-refractivity contribution >= 4 is 22.3 Å². The summed E-state index contributed by atoms with van der Waals surface area (Å²) in [7, 11) is 0. The van der Waals surface area contributed by atoms with Crippen molar-refractivity contribution in [2.24, 2.45) is 0 Å². The van der Waals surface area contributed by atoms with E-state index >= 15 is 0 Å². The van der Waals surface area contributed by atoms with Gasteiger partial charge in [-0.15, -0.1) is 0 Å². The van der Waals surface area contributed by atoms with Gasteiger partial charge in [0.15, 0.2) is 0 Å². The van der Waals surface area contributed by atoms with E-state index in [4.69, 9.17) is 0 Å². The Bertz CT molecular complexity index is 1030. The molecule has 0 unspecified atom stereocenters. The molecule has 0 fully saturated rings. The molecule has 3 nitrogen and oxygen atoms in total. The van der Waals surface area contributed by atoms with Crippen LogP contribution in [0.2, 0.25) is 0 Å². The van der Waals surface area contributed by atoms with Crippen LogP contribution >= 0.6 is 0 Å². The number of anilines is 2. The topological polar surface area (TPSA) is 37.8 Å². The van der Waals surface area contributed by atoms with E-state index < -0.39 is 11.6 Å². The minimum atomic E-state index is -0.665. The zero-order chi connectivity index (χ0) is 17.2. The molecule has 4 aromatic rings. The van der Waals surface area contributed by atoms with E-state index in [9.17, 15) is 8.78 Å². The van der Waals surface area contributed by atoms with E-state index in [1.807, 2.05) is 36.4 Å². The van der Waals surface area contributed by atoms with Crippen molar-refractivity contribution in [1.82, 2.24) is 9.97 Å². The second kappa shape index (κ2) is 6.28. The molecule has 0 saturated carbocycles. The Hall–Kier alpha value is -3.34. The molecule has 5 heteroatoms. The Kier molecular flexibility index (Phi) is 3.82. The number of fused-ring (bicyclic) bond motifs is 1. The lowest BCUT2D eigenvalue weighted by atomic mass is 10.0. The molecule has 0 bridgehead atoms. The molecular formula is C20H13F2N3. The quantitative estimate of drug-likeness (QED) is 0.551. The van der Waals surface area contributed by atoms with Gasteiger partial charge in [-0.05, 0) is 23.6 Å². The van der Waals surface area contributed by atoms with Crippen molar-refractivity contribution in [3.05, 3.63) is 84.8 Å². The van der Waals surface area contributed by atoms with Crippen LogP contribution in [0.3, 0.4) is 0 Å². The van der Waals surface area contributed by atoms with Gasteiger partial charge < -0.3 is 5.32 Å². The van der Waals surface area contributed by atoms with E-state index in [1.165, 1.54) is 18.2 Å². The van der Waals surface area contributed by atoms with E-state index in [1.54, 1.807) is 18.6 Å². The highest BCUT2D eigenvalue weighted by Crippen LogP contribution is 2.33. The van der Waals surface area contributed by atoms with Gasteiger partial charge in [-0.1, -0.05) is 36.4 Å². The zero-order valence-electron chi connectivity index (χ0n) is 13.1. The summed E-state index contributed by atoms with van der Waals surface area (Å²) in [5.74, 6) is -0.934. The number of aromatic nitrogens is 2. The molecule has 0 atom stereocenters. The van der Waals surface area contributed by atoms with Crippen LogP contribution in [0.25, 0.3) is 21.9 Å². The first kappa shape index (κ1) is 15.2. The van der Waals surface area contributed by atoms with Gasteiger partial charge in [0, 0.05) is 35.1 Å². The van der Waals surface area contributed by atoms with Crippen LogP contribution < -0.4 is 5.32 Å². The Morgan fingerprint density at radius 2 is 1.52 bits per heavy atom. The maximum atomic E-state index is 13.9. The lowest BCUT2D eigenvalue weighted by Gasteiger charge is -2.13. The van der Waals surface area contributed by atoms with Crippen LogP contribution in [0.15, 0.2) is 73.2 Å². The van der Waals surface area contributed by atoms with E-state index in [0.717, 1.165) is 21.9 Å². The molecule has 2 heterocycles. The minimum Gasteiger partial charge on any atom is -0.335 e. The lowest BCUT2D eigenvalue weighted by Crippen LogP contribution is -2.00. The molecule has 0 radical (unpaired) electrons. The molecule has 0 spiro atoms. The summed E-state index contributed by atoms with van der Waals surface area (Å²) < 4.78 is 27.9. The SMILES string of the molecule is Fc1cccc(F)c1Nc1ncc(-c2cccnc2)c2ccccc12. The molecule has 0 aliphatic carbocycles. The Morgan fingerprint density at radius 1 is 0.760 bits per heavy atom. The molecule has 0 aliphatic heterocycles. The molecule has 0 aliphatic rings. The van der Waals surface area contributed by atoms with Crippen LogP contribution in [0.1, 0.15) is 0 Å². The summed E-state index contributed by atoms with van der Waals surface area (Å²) in [4.78, 5) is 8.53. The zero-order valence-corrected chi connectivity index (χ0v) is 13.1. The Balaban J connectivity index is 1.87. The van der Waals surface area contributed by atoms with Gasteiger partial charge in [-0.25, -0.2) is 13.8 Å². The van der Waals surface area contributed by atoms with Gasteiger partial charge in [-0.2, -0.15) is 0 Å². The number of nitrogens with one attached hydrogen (secondary N) is 1. The molecule has 1 N–H and O–H groups in total. The summed E-state index contributed by atoms with van der Waals surface area (Å²) in [6, 6.07) is 15.1. The number of benzene rings is 2. The highest BCUT2D eigenvalue weighted by Gasteiger charge is 2.13. The first-order valence-electron chi connectivity index (χ1n) is 7.73. The molecule has 122 valence electrons. The summed E-state index contributed by atoms with van der Waals surface area (Å²) in [5.41, 5.74) is 1.62. The van der Waals surface area contributed by atoms with Gasteiger partial charge >= 0.3 is 0 Å². The summed E-state index contributed by atoms with van der Waals surface area (Å²) in [5, 5.41) is 4.48. The third-order valence-electron chi connectivity index (χ3n) is 3.97. The van der Waals surface area contributed by atoms with E-state index in [2.05, 4.69) is 15.3 Å². The fraction of sp³-hybridized carbons (Fsp3) is 0. The monoisotopic (exact) mass is 333 g/mol. The predicted octanol–water partition coefficient (Wildman–Crippen LogP) is 5.32. The fourth-order valence-corrected chi connectivity index (χ4v) is 2.78. The first-order valence-corrected chi connectivity index (χ1v) is 7.73. The lowest BCUT2D eigenvalue weighted by molar-refractivity contribution is 0.590. The Labute approximate surface area is 143 Å². The molecule has 0 saturated heterocycles. The van der Waals surface area contributed by atoms with Crippen LogP contribution in [0.5, 0.6) is 0 Å². The molecule has 2 aromatic heterocycles. The predicted molar refractivity (Wildman–Crippen MR) is 94.6 cm³/mol. The molecule has 4 rings (SSSR count). The van der Waals surface area contributed by atoms with Crippen molar-refractivity contribution < 1.29 is 8.78 Å². The van der Waals surface area contributed by atoms with Crippen LogP contribution in [-0.4, -0.2) is 9.97 Å². The summed E-state index contributed by atoms with van der Waals surface area (Å²) >= 11 is 0. The first-order chi connectivity index (χ1) is 12.2. The Morgan fingerprint density at radius 3 is 2.24 bits per heavy atom. The summed E-state index contributed by atoms with van der Waals surface area (Å²) in [6.07, 6.45) is 5.14. The van der Waals surface area contributed by atoms with Gasteiger partial charge in [0.2, 0.25) is 0 Å². The molecular weight excluding hydrogens is 320 g/mol. The van der Waals surface area contributed by atoms with Crippen molar-refractivity contribution in [2.45, 2.75) is 0 Å². The van der Waals surface area contributed by atoms with Crippen molar-refractivity contribution in [3.8, 4) is 11.1 Å². The second-order valence-corrected chi connectivity index (χ2v) is 5.53. The average Bonchev–Trinajstić information content (AvgIpc) is 2.65. The van der Waals surface area contributed by atoms with Crippen molar-refractivity contribution in [3.63, 3.8) is 0 Å². The van der Waals surface area contributed by atoms with Gasteiger partial charge in [0.05, 0.1) is 0 Å². The molecule has 2 aromatic carbocycles. The molecule has 25 heavy (non-hydrogen) atoms. The van der Waals surface area contributed by atoms with Gasteiger partial charge in [0.1, 0.15) is 23.1 Å². The number of hydrogen-bond acceptors (Lipinski definition) is 3. The highest BCUT2D eigenvalue weighted by molar-refractivity contribution is 6.02. The third-order valence-corrected chi connectivity index (χ3v) is 3.97.